The summed E-state index contributed by atoms with van der Waals surface area (Å²) in [6, 6.07) is 5.93. The first-order valence-corrected chi connectivity index (χ1v) is 6.43. The first kappa shape index (κ1) is 13.2. The second-order valence-electron chi connectivity index (χ2n) is 4.83. The third kappa shape index (κ3) is 2.60. The van der Waals surface area contributed by atoms with Gasteiger partial charge in [0.25, 0.3) is 5.91 Å². The molecule has 0 aliphatic rings. The predicted molar refractivity (Wildman–Crippen MR) is 77.7 cm³/mol. The van der Waals surface area contributed by atoms with Crippen molar-refractivity contribution >= 4 is 22.8 Å². The van der Waals surface area contributed by atoms with Crippen molar-refractivity contribution in [1.29, 1.82) is 0 Å². The molecule has 3 rings (SSSR count). The number of carbonyl (C=O) groups excluding carboxylic acids is 1. The lowest BCUT2D eigenvalue weighted by Gasteiger charge is -2.08. The maximum absolute atomic E-state index is 13.2. The lowest BCUT2D eigenvalue weighted by Crippen LogP contribution is -2.13. The van der Waals surface area contributed by atoms with Crippen LogP contribution in [0.4, 0.5) is 10.1 Å². The fourth-order valence-corrected chi connectivity index (χ4v) is 2.07. The van der Waals surface area contributed by atoms with Crippen LogP contribution in [0.15, 0.2) is 30.5 Å². The summed E-state index contributed by atoms with van der Waals surface area (Å²) in [5.41, 5.74) is 2.87. The molecule has 0 unspecified atom stereocenters. The van der Waals surface area contributed by atoms with Crippen LogP contribution >= 0.6 is 0 Å². The number of benzene rings is 1. The number of carbonyl (C=O) groups is 1. The molecule has 2 aromatic heterocycles. The van der Waals surface area contributed by atoms with Crippen LogP contribution in [0.2, 0.25) is 0 Å². The van der Waals surface area contributed by atoms with E-state index < -0.39 is 5.82 Å². The third-order valence-electron chi connectivity index (χ3n) is 3.17. The Hall–Kier alpha value is -2.76. The average molecular weight is 284 g/mol. The van der Waals surface area contributed by atoms with Gasteiger partial charge in [0.15, 0.2) is 5.65 Å². The van der Waals surface area contributed by atoms with Gasteiger partial charge >= 0.3 is 0 Å². The second-order valence-corrected chi connectivity index (χ2v) is 4.83. The average Bonchev–Trinajstić information content (AvgIpc) is 2.81. The van der Waals surface area contributed by atoms with E-state index in [2.05, 4.69) is 20.3 Å². The maximum Gasteiger partial charge on any atom is 0.257 e. The van der Waals surface area contributed by atoms with E-state index in [0.29, 0.717) is 22.4 Å². The van der Waals surface area contributed by atoms with Crippen LogP contribution in [0.1, 0.15) is 21.7 Å². The van der Waals surface area contributed by atoms with Crippen molar-refractivity contribution < 1.29 is 9.18 Å². The summed E-state index contributed by atoms with van der Waals surface area (Å²) in [5.74, 6) is -0.00458. The van der Waals surface area contributed by atoms with Gasteiger partial charge in [-0.15, -0.1) is 0 Å². The van der Waals surface area contributed by atoms with Crippen molar-refractivity contribution in [3.8, 4) is 0 Å². The van der Waals surface area contributed by atoms with E-state index in [4.69, 9.17) is 0 Å². The lowest BCUT2D eigenvalue weighted by molar-refractivity contribution is 0.102. The Morgan fingerprint density at radius 3 is 2.90 bits per heavy atom. The Balaban J connectivity index is 1.91. The smallest absolute Gasteiger partial charge is 0.257 e. The molecular weight excluding hydrogens is 271 g/mol. The number of H-pyrrole nitrogens is 1. The van der Waals surface area contributed by atoms with E-state index in [9.17, 15) is 9.18 Å². The molecule has 0 aliphatic carbocycles. The standard InChI is InChI=1S/C15H13FN4O/c1-8-3-4-11(16)6-12(8)20-15(21)10-5-13-14(17-7-10)19-9(2)18-13/h3-7H,1-2H3,(H,20,21)(H,17,18,19). The molecule has 1 amide bonds. The highest BCUT2D eigenvalue weighted by atomic mass is 19.1. The number of aromatic amines is 1. The number of hydrogen-bond acceptors (Lipinski definition) is 3. The molecule has 0 radical (unpaired) electrons. The number of imidazole rings is 1. The molecule has 0 bridgehead atoms. The molecule has 0 saturated heterocycles. The van der Waals surface area contributed by atoms with Crippen molar-refractivity contribution in [1.82, 2.24) is 15.0 Å². The number of rotatable bonds is 2. The molecule has 106 valence electrons. The monoisotopic (exact) mass is 284 g/mol. The molecule has 21 heavy (non-hydrogen) atoms. The molecule has 0 fully saturated rings. The Kier molecular flexibility index (Phi) is 3.13. The molecule has 1 aromatic carbocycles. The largest absolute Gasteiger partial charge is 0.341 e. The Bertz CT molecular complexity index is 841. The summed E-state index contributed by atoms with van der Waals surface area (Å²) in [6.07, 6.45) is 1.45. The zero-order valence-electron chi connectivity index (χ0n) is 11.6. The fourth-order valence-electron chi connectivity index (χ4n) is 2.07. The van der Waals surface area contributed by atoms with Gasteiger partial charge in [0, 0.05) is 11.9 Å². The van der Waals surface area contributed by atoms with Crippen LogP contribution in [0.25, 0.3) is 11.2 Å². The second kappa shape index (κ2) is 4.97. The number of halogens is 1. The van der Waals surface area contributed by atoms with Crippen molar-refractivity contribution in [2.24, 2.45) is 0 Å². The van der Waals surface area contributed by atoms with Gasteiger partial charge in [-0.25, -0.2) is 14.4 Å². The summed E-state index contributed by atoms with van der Waals surface area (Å²) in [6.45, 7) is 3.62. The first-order chi connectivity index (χ1) is 10.0. The predicted octanol–water partition coefficient (Wildman–Crippen LogP) is 2.97. The van der Waals surface area contributed by atoms with Crippen molar-refractivity contribution in [2.75, 3.05) is 5.32 Å². The SMILES string of the molecule is Cc1nc2ncc(C(=O)Nc3cc(F)ccc3C)cc2[nH]1. The Morgan fingerprint density at radius 1 is 1.29 bits per heavy atom. The zero-order chi connectivity index (χ0) is 15.0. The maximum atomic E-state index is 13.2. The molecule has 0 saturated carbocycles. The van der Waals surface area contributed by atoms with Crippen molar-refractivity contribution in [3.63, 3.8) is 0 Å². The number of aromatic nitrogens is 3. The zero-order valence-corrected chi connectivity index (χ0v) is 11.6. The van der Waals surface area contributed by atoms with Crippen LogP contribution in [0.3, 0.4) is 0 Å². The topological polar surface area (TPSA) is 70.7 Å². The summed E-state index contributed by atoms with van der Waals surface area (Å²) >= 11 is 0. The van der Waals surface area contributed by atoms with Gasteiger partial charge in [0.1, 0.15) is 11.6 Å². The molecule has 5 nitrogen and oxygen atoms in total. The van der Waals surface area contributed by atoms with Gasteiger partial charge < -0.3 is 10.3 Å². The van der Waals surface area contributed by atoms with E-state index in [-0.39, 0.29) is 5.91 Å². The van der Waals surface area contributed by atoms with E-state index in [1.54, 1.807) is 19.1 Å². The van der Waals surface area contributed by atoms with Crippen LogP contribution in [0, 0.1) is 19.7 Å². The van der Waals surface area contributed by atoms with Gasteiger partial charge in [0.2, 0.25) is 0 Å². The molecule has 0 atom stereocenters. The summed E-state index contributed by atoms with van der Waals surface area (Å²) < 4.78 is 13.2. The van der Waals surface area contributed by atoms with Gasteiger partial charge in [-0.2, -0.15) is 0 Å². The minimum Gasteiger partial charge on any atom is -0.341 e. The van der Waals surface area contributed by atoms with Crippen molar-refractivity contribution in [2.45, 2.75) is 13.8 Å². The first-order valence-electron chi connectivity index (χ1n) is 6.43. The molecule has 2 heterocycles. The van der Waals surface area contributed by atoms with E-state index >= 15 is 0 Å². The minimum absolute atomic E-state index is 0.342. The Morgan fingerprint density at radius 2 is 2.10 bits per heavy atom. The molecule has 0 spiro atoms. The summed E-state index contributed by atoms with van der Waals surface area (Å²) in [4.78, 5) is 23.5. The molecule has 3 aromatic rings. The number of anilines is 1. The van der Waals surface area contributed by atoms with Crippen LogP contribution < -0.4 is 5.32 Å². The number of hydrogen-bond donors (Lipinski definition) is 2. The third-order valence-corrected chi connectivity index (χ3v) is 3.17. The summed E-state index contributed by atoms with van der Waals surface area (Å²) in [7, 11) is 0. The number of fused-ring (bicyclic) bond motifs is 1. The molecule has 2 N–H and O–H groups in total. The number of amides is 1. The quantitative estimate of drug-likeness (QED) is 0.760. The number of aryl methyl sites for hydroxylation is 2. The van der Waals surface area contributed by atoms with E-state index in [0.717, 1.165) is 11.4 Å². The highest BCUT2D eigenvalue weighted by Gasteiger charge is 2.11. The van der Waals surface area contributed by atoms with Crippen LogP contribution in [-0.2, 0) is 0 Å². The molecule has 6 heteroatoms. The fraction of sp³-hybridized carbons (Fsp3) is 0.133. The lowest BCUT2D eigenvalue weighted by atomic mass is 10.2. The number of nitrogens with one attached hydrogen (secondary N) is 2. The van der Waals surface area contributed by atoms with E-state index in [1.807, 2.05) is 6.92 Å². The van der Waals surface area contributed by atoms with Crippen LogP contribution in [-0.4, -0.2) is 20.9 Å². The van der Waals surface area contributed by atoms with Gasteiger partial charge in [-0.3, -0.25) is 4.79 Å². The number of pyridine rings is 1. The van der Waals surface area contributed by atoms with E-state index in [1.165, 1.54) is 18.3 Å². The Labute approximate surface area is 120 Å². The molecule has 0 aliphatic heterocycles. The molecular formula is C15H13FN4O. The van der Waals surface area contributed by atoms with Gasteiger partial charge in [-0.05, 0) is 37.6 Å². The summed E-state index contributed by atoms with van der Waals surface area (Å²) in [5, 5.41) is 2.69. The van der Waals surface area contributed by atoms with Gasteiger partial charge in [-0.1, -0.05) is 6.07 Å². The van der Waals surface area contributed by atoms with Crippen LogP contribution in [0.5, 0.6) is 0 Å². The number of nitrogens with zero attached hydrogens (tertiary/aromatic N) is 2. The van der Waals surface area contributed by atoms with Crippen molar-refractivity contribution in [3.05, 3.63) is 53.2 Å². The highest BCUT2D eigenvalue weighted by molar-refractivity contribution is 6.05. The normalized spacial score (nSPS) is 10.8. The minimum atomic E-state index is -0.395. The van der Waals surface area contributed by atoms with Gasteiger partial charge in [0.05, 0.1) is 11.1 Å². The highest BCUT2D eigenvalue weighted by Crippen LogP contribution is 2.18.